The molecule has 1 rings (SSSR count). The van der Waals surface area contributed by atoms with Crippen LogP contribution >= 0.6 is 0 Å². The third-order valence-electron chi connectivity index (χ3n) is 2.62. The molecule has 0 aliphatic carbocycles. The van der Waals surface area contributed by atoms with Crippen molar-refractivity contribution in [3.05, 3.63) is 35.9 Å². The number of carboxylic acids is 1. The monoisotopic (exact) mass is 279 g/mol. The molecule has 0 spiro atoms. The Morgan fingerprint density at radius 3 is 2.25 bits per heavy atom. The number of nitrogens with one attached hydrogen (secondary N) is 3. The highest BCUT2D eigenvalue weighted by molar-refractivity contribution is 5.77. The highest BCUT2D eigenvalue weighted by Crippen LogP contribution is 1.97. The van der Waals surface area contributed by atoms with Crippen LogP contribution in [0.4, 0.5) is 0 Å². The largest absolute Gasteiger partial charge is 0.480 e. The van der Waals surface area contributed by atoms with Crippen molar-refractivity contribution < 1.29 is 14.7 Å². The fourth-order valence-corrected chi connectivity index (χ4v) is 1.63. The molecule has 0 unspecified atom stereocenters. The number of benzene rings is 1. The van der Waals surface area contributed by atoms with Gasteiger partial charge in [0, 0.05) is 19.6 Å². The second kappa shape index (κ2) is 9.94. The van der Waals surface area contributed by atoms with Crippen molar-refractivity contribution >= 4 is 11.9 Å². The predicted octanol–water partition coefficient (Wildman–Crippen LogP) is -0.391. The maximum atomic E-state index is 11.5. The number of carbonyl (C=O) groups is 2. The molecule has 0 saturated heterocycles. The van der Waals surface area contributed by atoms with Crippen LogP contribution in [-0.4, -0.2) is 49.7 Å². The summed E-state index contributed by atoms with van der Waals surface area (Å²) in [5, 5.41) is 16.9. The van der Waals surface area contributed by atoms with Gasteiger partial charge in [0.1, 0.15) is 0 Å². The first-order valence-electron chi connectivity index (χ1n) is 6.62. The molecule has 1 aromatic carbocycles. The van der Waals surface area contributed by atoms with Gasteiger partial charge >= 0.3 is 5.97 Å². The average molecular weight is 279 g/mol. The molecule has 110 valence electrons. The summed E-state index contributed by atoms with van der Waals surface area (Å²) in [5.74, 6) is -0.942. The standard InChI is InChI=1S/C14H21N3O3/c18-13(10-15-8-9-16-11-14(19)20)17-7-6-12-4-2-1-3-5-12/h1-5,15-16H,6-11H2,(H,17,18)(H,19,20). The molecule has 0 fully saturated rings. The maximum absolute atomic E-state index is 11.5. The van der Waals surface area contributed by atoms with Crippen molar-refractivity contribution in [2.45, 2.75) is 6.42 Å². The number of carboxylic acid groups (broad SMARTS) is 1. The van der Waals surface area contributed by atoms with Crippen LogP contribution in [0, 0.1) is 0 Å². The van der Waals surface area contributed by atoms with E-state index in [1.165, 1.54) is 5.56 Å². The van der Waals surface area contributed by atoms with Crippen LogP contribution in [0.2, 0.25) is 0 Å². The highest BCUT2D eigenvalue weighted by Gasteiger charge is 2.00. The Bertz CT molecular complexity index is 409. The van der Waals surface area contributed by atoms with Crippen LogP contribution in [-0.2, 0) is 16.0 Å². The van der Waals surface area contributed by atoms with E-state index in [4.69, 9.17) is 5.11 Å². The second-order valence-corrected chi connectivity index (χ2v) is 4.33. The normalized spacial score (nSPS) is 10.2. The van der Waals surface area contributed by atoms with E-state index in [0.717, 1.165) is 6.42 Å². The van der Waals surface area contributed by atoms with E-state index in [1.54, 1.807) is 0 Å². The fourth-order valence-electron chi connectivity index (χ4n) is 1.63. The van der Waals surface area contributed by atoms with Gasteiger partial charge in [-0.2, -0.15) is 0 Å². The van der Waals surface area contributed by atoms with E-state index in [0.29, 0.717) is 19.6 Å². The predicted molar refractivity (Wildman–Crippen MR) is 76.5 cm³/mol. The minimum atomic E-state index is -0.886. The van der Waals surface area contributed by atoms with E-state index < -0.39 is 5.97 Å². The molecule has 6 heteroatoms. The Hall–Kier alpha value is -1.92. The lowest BCUT2D eigenvalue weighted by molar-refractivity contribution is -0.136. The third kappa shape index (κ3) is 8.23. The Morgan fingerprint density at radius 1 is 0.950 bits per heavy atom. The zero-order valence-corrected chi connectivity index (χ0v) is 11.4. The van der Waals surface area contributed by atoms with Gasteiger partial charge in [0.2, 0.25) is 5.91 Å². The number of rotatable bonds is 10. The number of hydrogen-bond donors (Lipinski definition) is 4. The van der Waals surface area contributed by atoms with Crippen molar-refractivity contribution in [1.82, 2.24) is 16.0 Å². The van der Waals surface area contributed by atoms with Gasteiger partial charge in [-0.15, -0.1) is 0 Å². The minimum absolute atomic E-state index is 0.0563. The molecular weight excluding hydrogens is 258 g/mol. The first kappa shape index (κ1) is 16.1. The Kier molecular flexibility index (Phi) is 8.02. The van der Waals surface area contributed by atoms with Crippen LogP contribution in [0.5, 0.6) is 0 Å². The summed E-state index contributed by atoms with van der Waals surface area (Å²) in [4.78, 5) is 21.7. The molecule has 0 radical (unpaired) electrons. The lowest BCUT2D eigenvalue weighted by Crippen LogP contribution is -2.38. The van der Waals surface area contributed by atoms with Gasteiger partial charge in [-0.3, -0.25) is 9.59 Å². The molecule has 0 saturated carbocycles. The average Bonchev–Trinajstić information content (AvgIpc) is 2.43. The molecule has 0 aliphatic heterocycles. The molecular formula is C14H21N3O3. The van der Waals surface area contributed by atoms with Crippen LogP contribution in [0.15, 0.2) is 30.3 Å². The molecule has 1 amide bonds. The van der Waals surface area contributed by atoms with E-state index in [9.17, 15) is 9.59 Å². The quantitative estimate of drug-likeness (QED) is 0.438. The van der Waals surface area contributed by atoms with Crippen molar-refractivity contribution in [3.8, 4) is 0 Å². The van der Waals surface area contributed by atoms with E-state index >= 15 is 0 Å². The topological polar surface area (TPSA) is 90.5 Å². The summed E-state index contributed by atoms with van der Waals surface area (Å²) >= 11 is 0. The lowest BCUT2D eigenvalue weighted by atomic mass is 10.1. The van der Waals surface area contributed by atoms with Crippen molar-refractivity contribution in [2.75, 3.05) is 32.7 Å². The van der Waals surface area contributed by atoms with Gasteiger partial charge < -0.3 is 21.1 Å². The van der Waals surface area contributed by atoms with Gasteiger partial charge in [-0.1, -0.05) is 30.3 Å². The van der Waals surface area contributed by atoms with Gasteiger partial charge in [0.05, 0.1) is 13.1 Å². The minimum Gasteiger partial charge on any atom is -0.480 e. The second-order valence-electron chi connectivity index (χ2n) is 4.33. The van der Waals surface area contributed by atoms with Gasteiger partial charge in [-0.05, 0) is 12.0 Å². The summed E-state index contributed by atoms with van der Waals surface area (Å²) in [7, 11) is 0. The summed E-state index contributed by atoms with van der Waals surface area (Å²) in [6.45, 7) is 1.86. The molecule has 20 heavy (non-hydrogen) atoms. The number of aliphatic carboxylic acids is 1. The molecule has 0 aliphatic rings. The van der Waals surface area contributed by atoms with E-state index in [1.807, 2.05) is 30.3 Å². The van der Waals surface area contributed by atoms with Crippen molar-refractivity contribution in [3.63, 3.8) is 0 Å². The Morgan fingerprint density at radius 2 is 1.60 bits per heavy atom. The summed E-state index contributed by atoms with van der Waals surface area (Å²) in [6.07, 6.45) is 0.812. The maximum Gasteiger partial charge on any atom is 0.317 e. The van der Waals surface area contributed by atoms with Crippen LogP contribution in [0.1, 0.15) is 5.56 Å². The fraction of sp³-hybridized carbons (Fsp3) is 0.429. The molecule has 4 N–H and O–H groups in total. The highest BCUT2D eigenvalue weighted by atomic mass is 16.4. The van der Waals surface area contributed by atoms with Crippen LogP contribution < -0.4 is 16.0 Å². The van der Waals surface area contributed by atoms with Crippen LogP contribution in [0.3, 0.4) is 0 Å². The van der Waals surface area contributed by atoms with E-state index in [2.05, 4.69) is 16.0 Å². The molecule has 0 aromatic heterocycles. The van der Waals surface area contributed by atoms with Gasteiger partial charge in [-0.25, -0.2) is 0 Å². The van der Waals surface area contributed by atoms with Crippen molar-refractivity contribution in [2.24, 2.45) is 0 Å². The van der Waals surface area contributed by atoms with E-state index in [-0.39, 0.29) is 19.0 Å². The smallest absolute Gasteiger partial charge is 0.317 e. The summed E-state index contributed by atoms with van der Waals surface area (Å²) < 4.78 is 0. The Labute approximate surface area is 118 Å². The Balaban J connectivity index is 1.97. The molecule has 1 aromatic rings. The van der Waals surface area contributed by atoms with Crippen LogP contribution in [0.25, 0.3) is 0 Å². The molecule has 0 atom stereocenters. The zero-order valence-electron chi connectivity index (χ0n) is 11.4. The summed E-state index contributed by atoms with van der Waals surface area (Å²) in [6, 6.07) is 9.97. The van der Waals surface area contributed by atoms with Gasteiger partial charge in [0.15, 0.2) is 0 Å². The first-order chi connectivity index (χ1) is 9.68. The molecule has 0 heterocycles. The SMILES string of the molecule is O=C(O)CNCCNCC(=O)NCCc1ccccc1. The summed E-state index contributed by atoms with van der Waals surface area (Å²) in [5.41, 5.74) is 1.19. The number of amides is 1. The van der Waals surface area contributed by atoms with Crippen molar-refractivity contribution in [1.29, 1.82) is 0 Å². The zero-order chi connectivity index (χ0) is 14.6. The molecule has 0 bridgehead atoms. The number of carbonyl (C=O) groups excluding carboxylic acids is 1. The lowest BCUT2D eigenvalue weighted by Gasteiger charge is -2.07. The number of hydrogen-bond acceptors (Lipinski definition) is 4. The molecule has 6 nitrogen and oxygen atoms in total. The van der Waals surface area contributed by atoms with Gasteiger partial charge in [0.25, 0.3) is 0 Å². The first-order valence-corrected chi connectivity index (χ1v) is 6.62. The third-order valence-corrected chi connectivity index (χ3v) is 2.62.